The van der Waals surface area contributed by atoms with Crippen molar-refractivity contribution in [1.29, 1.82) is 5.26 Å². The van der Waals surface area contributed by atoms with Gasteiger partial charge in [-0.2, -0.15) is 18.4 Å². The number of benzene rings is 1. The number of alkyl halides is 3. The van der Waals surface area contributed by atoms with Crippen molar-refractivity contribution in [1.82, 2.24) is 0 Å². The maximum absolute atomic E-state index is 12.5. The highest BCUT2D eigenvalue weighted by molar-refractivity contribution is 14.1. The Morgan fingerprint density at radius 3 is 2.65 bits per heavy atom. The molecule has 0 aliphatic carbocycles. The van der Waals surface area contributed by atoms with Crippen molar-refractivity contribution in [2.45, 2.75) is 23.7 Å². The molecule has 8 heteroatoms. The number of thioether (sulfide) groups is 1. The second-order valence-electron chi connectivity index (χ2n) is 3.55. The second kappa shape index (κ2) is 7.17. The van der Waals surface area contributed by atoms with E-state index in [0.29, 0.717) is 3.57 Å². The quantitative estimate of drug-likeness (QED) is 0.426. The molecule has 0 aliphatic rings. The van der Waals surface area contributed by atoms with Gasteiger partial charge in [0, 0.05) is 8.47 Å². The van der Waals surface area contributed by atoms with E-state index in [2.05, 4.69) is 0 Å². The van der Waals surface area contributed by atoms with Gasteiger partial charge in [0.2, 0.25) is 0 Å². The van der Waals surface area contributed by atoms with Gasteiger partial charge in [-0.05, 0) is 52.9 Å². The standard InChI is InChI=1S/C12H9F3INO2S/c1-2-19-10(18)5-7-3-4-9(16)11(8(7)6-17)20-12(13,14)15/h3-4H,2,5H2,1H3. The lowest BCUT2D eigenvalue weighted by molar-refractivity contribution is -0.142. The van der Waals surface area contributed by atoms with Crippen LogP contribution < -0.4 is 0 Å². The minimum atomic E-state index is -4.49. The zero-order valence-corrected chi connectivity index (χ0v) is 13.2. The summed E-state index contributed by atoms with van der Waals surface area (Å²) >= 11 is 1.38. The van der Waals surface area contributed by atoms with Crippen LogP contribution in [0.3, 0.4) is 0 Å². The molecule has 0 N–H and O–H groups in total. The topological polar surface area (TPSA) is 50.1 Å². The summed E-state index contributed by atoms with van der Waals surface area (Å²) in [4.78, 5) is 11.2. The number of carbonyl (C=O) groups is 1. The Morgan fingerprint density at radius 2 is 2.15 bits per heavy atom. The van der Waals surface area contributed by atoms with Crippen LogP contribution >= 0.6 is 34.4 Å². The molecule has 0 saturated heterocycles. The third-order valence-corrected chi connectivity index (χ3v) is 4.29. The van der Waals surface area contributed by atoms with Gasteiger partial charge < -0.3 is 4.74 Å². The fourth-order valence-electron chi connectivity index (χ4n) is 1.45. The third-order valence-electron chi connectivity index (χ3n) is 2.17. The minimum absolute atomic E-state index is 0.132. The first-order valence-electron chi connectivity index (χ1n) is 5.41. The first-order valence-corrected chi connectivity index (χ1v) is 7.30. The van der Waals surface area contributed by atoms with Crippen LogP contribution in [0.4, 0.5) is 13.2 Å². The van der Waals surface area contributed by atoms with Gasteiger partial charge in [0.25, 0.3) is 0 Å². The molecule has 0 fully saturated rings. The molecule has 0 aliphatic heterocycles. The van der Waals surface area contributed by atoms with Gasteiger partial charge in [0.05, 0.1) is 18.6 Å². The summed E-state index contributed by atoms with van der Waals surface area (Å²) in [6, 6.07) is 4.66. The maximum Gasteiger partial charge on any atom is 0.446 e. The molecule has 1 aromatic carbocycles. The highest BCUT2D eigenvalue weighted by Gasteiger charge is 2.32. The molecule has 108 valence electrons. The Kier molecular flexibility index (Phi) is 6.13. The predicted molar refractivity (Wildman–Crippen MR) is 76.1 cm³/mol. The van der Waals surface area contributed by atoms with Crippen molar-refractivity contribution in [3.63, 3.8) is 0 Å². The van der Waals surface area contributed by atoms with Gasteiger partial charge >= 0.3 is 11.5 Å². The van der Waals surface area contributed by atoms with Crippen LogP contribution in [0.2, 0.25) is 0 Å². The van der Waals surface area contributed by atoms with E-state index in [9.17, 15) is 18.0 Å². The van der Waals surface area contributed by atoms with Gasteiger partial charge in [-0.15, -0.1) is 0 Å². The van der Waals surface area contributed by atoms with Crippen molar-refractivity contribution in [2.24, 2.45) is 0 Å². The number of carbonyl (C=O) groups excluding carboxylic acids is 1. The molecular formula is C12H9F3INO2S. The summed E-state index contributed by atoms with van der Waals surface area (Å²) in [6.07, 6.45) is -0.223. The summed E-state index contributed by atoms with van der Waals surface area (Å²) in [5, 5.41) is 9.08. The molecule has 0 bridgehead atoms. The molecular weight excluding hydrogens is 406 g/mol. The van der Waals surface area contributed by atoms with Crippen molar-refractivity contribution >= 4 is 40.3 Å². The van der Waals surface area contributed by atoms with Gasteiger partial charge in [-0.1, -0.05) is 6.07 Å². The Hall–Kier alpha value is -0.950. The zero-order valence-electron chi connectivity index (χ0n) is 10.3. The Labute approximate surface area is 131 Å². The minimum Gasteiger partial charge on any atom is -0.466 e. The van der Waals surface area contributed by atoms with Crippen LogP contribution in [0.1, 0.15) is 18.1 Å². The van der Waals surface area contributed by atoms with Crippen molar-refractivity contribution in [3.05, 3.63) is 26.8 Å². The summed E-state index contributed by atoms with van der Waals surface area (Å²) in [5.41, 5.74) is -4.39. The van der Waals surface area contributed by atoms with Crippen LogP contribution in [0.15, 0.2) is 17.0 Å². The molecule has 0 atom stereocenters. The van der Waals surface area contributed by atoms with Crippen molar-refractivity contribution < 1.29 is 22.7 Å². The van der Waals surface area contributed by atoms with Gasteiger partial charge in [-0.25, -0.2) is 0 Å². The lowest BCUT2D eigenvalue weighted by atomic mass is 10.1. The number of ether oxygens (including phenoxy) is 1. The third kappa shape index (κ3) is 4.86. The van der Waals surface area contributed by atoms with Gasteiger partial charge in [-0.3, -0.25) is 4.79 Å². The van der Waals surface area contributed by atoms with Crippen LogP contribution in [-0.4, -0.2) is 18.1 Å². The first-order chi connectivity index (χ1) is 9.28. The molecule has 0 amide bonds. The van der Waals surface area contributed by atoms with E-state index in [-0.39, 0.29) is 40.8 Å². The van der Waals surface area contributed by atoms with Crippen molar-refractivity contribution in [2.75, 3.05) is 6.61 Å². The highest BCUT2D eigenvalue weighted by atomic mass is 127. The number of hydrogen-bond acceptors (Lipinski definition) is 4. The summed E-state index contributed by atoms with van der Waals surface area (Å²) < 4.78 is 42.6. The monoisotopic (exact) mass is 415 g/mol. The molecule has 0 spiro atoms. The molecule has 20 heavy (non-hydrogen) atoms. The highest BCUT2D eigenvalue weighted by Crippen LogP contribution is 2.41. The van der Waals surface area contributed by atoms with E-state index in [1.165, 1.54) is 12.1 Å². The van der Waals surface area contributed by atoms with Gasteiger partial charge in [0.1, 0.15) is 6.07 Å². The molecule has 0 unspecified atom stereocenters. The molecule has 0 aromatic heterocycles. The molecule has 1 aromatic rings. The number of rotatable bonds is 4. The van der Waals surface area contributed by atoms with E-state index in [0.717, 1.165) is 0 Å². The van der Waals surface area contributed by atoms with E-state index >= 15 is 0 Å². The van der Waals surface area contributed by atoms with E-state index in [1.807, 2.05) is 0 Å². The predicted octanol–water partition coefficient (Wildman–Crippen LogP) is 3.88. The number of nitriles is 1. The first kappa shape index (κ1) is 17.1. The number of halogens is 4. The Bertz CT molecular complexity index is 555. The Balaban J connectivity index is 3.18. The average molecular weight is 415 g/mol. The second-order valence-corrected chi connectivity index (χ2v) is 5.79. The number of esters is 1. The smallest absolute Gasteiger partial charge is 0.446 e. The van der Waals surface area contributed by atoms with E-state index < -0.39 is 11.5 Å². The molecule has 0 saturated carbocycles. The zero-order chi connectivity index (χ0) is 15.3. The van der Waals surface area contributed by atoms with Crippen molar-refractivity contribution in [3.8, 4) is 6.07 Å². The SMILES string of the molecule is CCOC(=O)Cc1ccc(I)c(SC(F)(F)F)c1C#N. The molecule has 3 nitrogen and oxygen atoms in total. The van der Waals surface area contributed by atoms with E-state index in [1.54, 1.807) is 35.6 Å². The average Bonchev–Trinajstić information content (AvgIpc) is 2.32. The van der Waals surface area contributed by atoms with Gasteiger partial charge in [0.15, 0.2) is 0 Å². The maximum atomic E-state index is 12.5. The summed E-state index contributed by atoms with van der Waals surface area (Å²) in [6.45, 7) is 1.80. The van der Waals surface area contributed by atoms with Crippen LogP contribution in [-0.2, 0) is 16.0 Å². The normalized spacial score (nSPS) is 11.0. The largest absolute Gasteiger partial charge is 0.466 e. The molecule has 0 radical (unpaired) electrons. The summed E-state index contributed by atoms with van der Waals surface area (Å²) in [5.74, 6) is -0.576. The number of hydrogen-bond donors (Lipinski definition) is 0. The van der Waals surface area contributed by atoms with Crippen LogP contribution in [0.5, 0.6) is 0 Å². The molecule has 0 heterocycles. The fourth-order valence-corrected chi connectivity index (χ4v) is 2.91. The van der Waals surface area contributed by atoms with E-state index in [4.69, 9.17) is 10.00 Å². The number of nitrogens with zero attached hydrogens (tertiary/aromatic N) is 1. The lowest BCUT2D eigenvalue weighted by Gasteiger charge is -2.12. The fraction of sp³-hybridized carbons (Fsp3) is 0.333. The molecule has 1 rings (SSSR count). The Morgan fingerprint density at radius 1 is 1.50 bits per heavy atom. The summed E-state index contributed by atoms with van der Waals surface area (Å²) in [7, 11) is 0. The van der Waals surface area contributed by atoms with Crippen LogP contribution in [0, 0.1) is 14.9 Å². The lowest BCUT2D eigenvalue weighted by Crippen LogP contribution is -2.10. The van der Waals surface area contributed by atoms with Crippen LogP contribution in [0.25, 0.3) is 0 Å².